The van der Waals surface area contributed by atoms with E-state index in [2.05, 4.69) is 10.3 Å². The van der Waals surface area contributed by atoms with Crippen molar-refractivity contribution >= 4 is 17.0 Å². The number of hydrogen-bond donors (Lipinski definition) is 2. The zero-order valence-electron chi connectivity index (χ0n) is 14.2. The summed E-state index contributed by atoms with van der Waals surface area (Å²) in [7, 11) is 0. The summed E-state index contributed by atoms with van der Waals surface area (Å²) in [6, 6.07) is 17.7. The molecule has 3 aromatic rings. The van der Waals surface area contributed by atoms with Crippen molar-refractivity contribution in [3.63, 3.8) is 0 Å². The molecule has 2 N–H and O–H groups in total. The van der Waals surface area contributed by atoms with Gasteiger partial charge in [-0.1, -0.05) is 48.5 Å². The van der Waals surface area contributed by atoms with Crippen LogP contribution in [0.2, 0.25) is 0 Å². The van der Waals surface area contributed by atoms with Gasteiger partial charge in [0.05, 0.1) is 6.04 Å². The van der Waals surface area contributed by atoms with Crippen LogP contribution in [0, 0.1) is 0 Å². The average molecular weight is 322 g/mol. The minimum absolute atomic E-state index is 0.280. The van der Waals surface area contributed by atoms with Crippen LogP contribution in [0.5, 0.6) is 0 Å². The lowest BCUT2D eigenvalue weighted by Crippen LogP contribution is -2.35. The van der Waals surface area contributed by atoms with Crippen LogP contribution in [0.25, 0.3) is 10.9 Å². The summed E-state index contributed by atoms with van der Waals surface area (Å²) in [5.74, 6) is 0. The van der Waals surface area contributed by atoms with Crippen LogP contribution in [0.15, 0.2) is 60.8 Å². The van der Waals surface area contributed by atoms with Gasteiger partial charge in [0, 0.05) is 22.7 Å². The van der Waals surface area contributed by atoms with Crippen LogP contribution in [0.4, 0.5) is 4.79 Å². The Morgan fingerprint density at radius 3 is 2.42 bits per heavy atom. The molecule has 1 amide bonds. The normalized spacial score (nSPS) is 12.8. The van der Waals surface area contributed by atoms with Crippen molar-refractivity contribution in [3.05, 3.63) is 71.9 Å². The molecule has 2 aromatic carbocycles. The molecule has 0 saturated carbocycles. The van der Waals surface area contributed by atoms with Crippen molar-refractivity contribution in [1.82, 2.24) is 10.3 Å². The smallest absolute Gasteiger partial charge is 0.408 e. The zero-order valence-corrected chi connectivity index (χ0v) is 14.2. The van der Waals surface area contributed by atoms with Gasteiger partial charge in [-0.25, -0.2) is 4.79 Å². The molecule has 0 spiro atoms. The number of fused-ring (bicyclic) bond motifs is 1. The van der Waals surface area contributed by atoms with E-state index in [0.29, 0.717) is 0 Å². The maximum Gasteiger partial charge on any atom is 0.408 e. The molecular weight excluding hydrogens is 300 g/mol. The summed E-state index contributed by atoms with van der Waals surface area (Å²) in [5.41, 5.74) is 2.53. The van der Waals surface area contributed by atoms with Crippen molar-refractivity contribution < 1.29 is 9.53 Å². The second kappa shape index (κ2) is 6.40. The van der Waals surface area contributed by atoms with Gasteiger partial charge in [0.1, 0.15) is 5.60 Å². The standard InChI is InChI=1S/C20H22N2O2/c1-20(2,3)24-19(23)22-18(14-9-5-4-6-10-14)16-13-21-17-12-8-7-11-15(16)17/h4-13,18,21H,1-3H3,(H,22,23)/t18-/m0/s1. The highest BCUT2D eigenvalue weighted by molar-refractivity contribution is 5.84. The summed E-state index contributed by atoms with van der Waals surface area (Å²) in [5, 5.41) is 4.09. The van der Waals surface area contributed by atoms with Crippen LogP contribution in [-0.2, 0) is 4.74 Å². The number of aromatic nitrogens is 1. The molecule has 4 heteroatoms. The lowest BCUT2D eigenvalue weighted by atomic mass is 9.98. The summed E-state index contributed by atoms with van der Waals surface area (Å²) in [6.07, 6.45) is 1.52. The highest BCUT2D eigenvalue weighted by Crippen LogP contribution is 2.29. The average Bonchev–Trinajstić information content (AvgIpc) is 2.96. The Bertz CT molecular complexity index is 831. The lowest BCUT2D eigenvalue weighted by Gasteiger charge is -2.24. The maximum atomic E-state index is 12.3. The molecule has 0 fully saturated rings. The predicted octanol–water partition coefficient (Wildman–Crippen LogP) is 4.78. The van der Waals surface area contributed by atoms with Gasteiger partial charge in [0.2, 0.25) is 0 Å². The zero-order chi connectivity index (χ0) is 17.2. The number of rotatable bonds is 3. The first kappa shape index (κ1) is 16.1. The van der Waals surface area contributed by atoms with Gasteiger partial charge in [-0.15, -0.1) is 0 Å². The number of carbonyl (C=O) groups is 1. The Hall–Kier alpha value is -2.75. The van der Waals surface area contributed by atoms with Gasteiger partial charge in [-0.2, -0.15) is 0 Å². The SMILES string of the molecule is CC(C)(C)OC(=O)N[C@@H](c1ccccc1)c1c[nH]c2ccccc12. The minimum Gasteiger partial charge on any atom is -0.444 e. The van der Waals surface area contributed by atoms with Crippen LogP contribution >= 0.6 is 0 Å². The molecule has 1 aromatic heterocycles. The molecule has 124 valence electrons. The number of para-hydroxylation sites is 1. The number of nitrogens with one attached hydrogen (secondary N) is 2. The highest BCUT2D eigenvalue weighted by Gasteiger charge is 2.23. The van der Waals surface area contributed by atoms with Crippen molar-refractivity contribution in [2.24, 2.45) is 0 Å². The second-order valence-electron chi connectivity index (χ2n) is 6.78. The molecule has 0 unspecified atom stereocenters. The predicted molar refractivity (Wildman–Crippen MR) is 96.0 cm³/mol. The summed E-state index contributed by atoms with van der Waals surface area (Å²) in [6.45, 7) is 5.57. The number of amides is 1. The summed E-state index contributed by atoms with van der Waals surface area (Å²) < 4.78 is 5.44. The third-order valence-corrected chi connectivity index (χ3v) is 3.73. The van der Waals surface area contributed by atoms with E-state index in [-0.39, 0.29) is 6.04 Å². The first-order valence-corrected chi connectivity index (χ1v) is 8.04. The molecular formula is C20H22N2O2. The Balaban J connectivity index is 1.98. The molecule has 0 aliphatic carbocycles. The third kappa shape index (κ3) is 3.59. The second-order valence-corrected chi connectivity index (χ2v) is 6.78. The fraction of sp³-hybridized carbons (Fsp3) is 0.250. The number of H-pyrrole nitrogens is 1. The monoisotopic (exact) mass is 322 g/mol. The molecule has 0 bridgehead atoms. The van der Waals surface area contributed by atoms with Gasteiger partial charge in [-0.05, 0) is 32.4 Å². The minimum atomic E-state index is -0.536. The molecule has 0 saturated heterocycles. The fourth-order valence-electron chi connectivity index (χ4n) is 2.74. The van der Waals surface area contributed by atoms with E-state index in [4.69, 9.17) is 4.74 Å². The molecule has 1 heterocycles. The topological polar surface area (TPSA) is 54.1 Å². The van der Waals surface area contributed by atoms with Gasteiger partial charge in [0.15, 0.2) is 0 Å². The van der Waals surface area contributed by atoms with Crippen LogP contribution in [0.3, 0.4) is 0 Å². The van der Waals surface area contributed by atoms with Crippen molar-refractivity contribution in [3.8, 4) is 0 Å². The van der Waals surface area contributed by atoms with Crippen molar-refractivity contribution in [1.29, 1.82) is 0 Å². The van der Waals surface area contributed by atoms with Crippen molar-refractivity contribution in [2.75, 3.05) is 0 Å². The molecule has 3 rings (SSSR count). The Kier molecular flexibility index (Phi) is 4.30. The fourth-order valence-corrected chi connectivity index (χ4v) is 2.74. The number of aromatic amines is 1. The van der Waals surface area contributed by atoms with E-state index in [1.807, 2.05) is 81.6 Å². The van der Waals surface area contributed by atoms with E-state index in [9.17, 15) is 4.79 Å². The molecule has 0 aliphatic heterocycles. The molecule has 1 atom stereocenters. The van der Waals surface area contributed by atoms with Gasteiger partial charge in [-0.3, -0.25) is 0 Å². The molecule has 4 nitrogen and oxygen atoms in total. The lowest BCUT2D eigenvalue weighted by molar-refractivity contribution is 0.0512. The maximum absolute atomic E-state index is 12.3. The first-order chi connectivity index (χ1) is 11.4. The van der Waals surface area contributed by atoms with E-state index in [1.165, 1.54) is 0 Å². The Morgan fingerprint density at radius 2 is 1.71 bits per heavy atom. The van der Waals surface area contributed by atoms with E-state index < -0.39 is 11.7 Å². The summed E-state index contributed by atoms with van der Waals surface area (Å²) >= 11 is 0. The molecule has 0 aliphatic rings. The number of hydrogen-bond acceptors (Lipinski definition) is 2. The van der Waals surface area contributed by atoms with E-state index in [0.717, 1.165) is 22.0 Å². The number of ether oxygens (including phenoxy) is 1. The molecule has 0 radical (unpaired) electrons. The summed E-state index contributed by atoms with van der Waals surface area (Å²) in [4.78, 5) is 15.6. The first-order valence-electron chi connectivity index (χ1n) is 8.04. The third-order valence-electron chi connectivity index (χ3n) is 3.73. The van der Waals surface area contributed by atoms with Gasteiger partial charge < -0.3 is 15.0 Å². The van der Waals surface area contributed by atoms with Gasteiger partial charge in [0.25, 0.3) is 0 Å². The van der Waals surface area contributed by atoms with E-state index in [1.54, 1.807) is 0 Å². The Labute approximate surface area is 141 Å². The number of alkyl carbamates (subject to hydrolysis) is 1. The van der Waals surface area contributed by atoms with Gasteiger partial charge >= 0.3 is 6.09 Å². The van der Waals surface area contributed by atoms with Crippen molar-refractivity contribution in [2.45, 2.75) is 32.4 Å². The molecule has 24 heavy (non-hydrogen) atoms. The Morgan fingerprint density at radius 1 is 1.04 bits per heavy atom. The van der Waals surface area contributed by atoms with E-state index >= 15 is 0 Å². The van der Waals surface area contributed by atoms with Crippen LogP contribution < -0.4 is 5.32 Å². The van der Waals surface area contributed by atoms with Crippen LogP contribution in [0.1, 0.15) is 37.9 Å². The highest BCUT2D eigenvalue weighted by atomic mass is 16.6. The largest absolute Gasteiger partial charge is 0.444 e. The number of benzene rings is 2. The quantitative estimate of drug-likeness (QED) is 0.729. The van der Waals surface area contributed by atoms with Crippen LogP contribution in [-0.4, -0.2) is 16.7 Å². The number of carbonyl (C=O) groups excluding carboxylic acids is 1.